The summed E-state index contributed by atoms with van der Waals surface area (Å²) in [5.41, 5.74) is 0. The Labute approximate surface area is 167 Å². The van der Waals surface area contributed by atoms with Crippen molar-refractivity contribution in [3.8, 4) is 0 Å². The van der Waals surface area contributed by atoms with Crippen LogP contribution < -0.4 is 10.4 Å². The van der Waals surface area contributed by atoms with Crippen LogP contribution >= 0.6 is 22.6 Å². The van der Waals surface area contributed by atoms with Gasteiger partial charge in [-0.05, 0) is 32.5 Å². The lowest BCUT2D eigenvalue weighted by Gasteiger charge is -2.43. The molecule has 0 spiro atoms. The second kappa shape index (κ2) is 8.45. The smallest absolute Gasteiger partial charge is 0.261 e. The van der Waals surface area contributed by atoms with Crippen molar-refractivity contribution in [2.75, 3.05) is 10.9 Å². The third kappa shape index (κ3) is 4.25. The minimum atomic E-state index is -3.54. The van der Waals surface area contributed by atoms with E-state index in [1.807, 2.05) is 81.4 Å². The highest BCUT2D eigenvalue weighted by molar-refractivity contribution is 14.1. The molecule has 0 atom stereocenters. The van der Waals surface area contributed by atoms with Gasteiger partial charge >= 0.3 is 0 Å². The molecular formula is C20H27IOSi. The second-order valence-corrected chi connectivity index (χ2v) is 11.0. The van der Waals surface area contributed by atoms with Crippen LogP contribution in [0.3, 0.4) is 0 Å². The Balaban J connectivity index is 2.80. The second-order valence-electron chi connectivity index (χ2n) is 6.21. The molecule has 23 heavy (non-hydrogen) atoms. The summed E-state index contributed by atoms with van der Waals surface area (Å²) in [5.74, 6) is 0. The average molecular weight is 446 g/mol. The van der Waals surface area contributed by atoms with Crippen LogP contribution in [0, 0.1) is 0 Å². The third-order valence-corrected chi connectivity index (χ3v) is 8.86. The molecule has 0 saturated carbocycles. The van der Waals surface area contributed by atoms with Crippen LogP contribution in [0.15, 0.2) is 60.7 Å². The van der Waals surface area contributed by atoms with Crippen molar-refractivity contribution in [3.05, 3.63) is 60.7 Å². The van der Waals surface area contributed by atoms with E-state index in [1.165, 1.54) is 22.6 Å². The van der Waals surface area contributed by atoms with Crippen molar-refractivity contribution in [2.45, 2.75) is 38.6 Å². The summed E-state index contributed by atoms with van der Waals surface area (Å²) in [6.45, 7) is 2.56. The number of hydrogen-bond donors (Lipinski definition) is 0. The van der Waals surface area contributed by atoms with E-state index in [-0.39, 0.29) is 0 Å². The van der Waals surface area contributed by atoms with Crippen molar-refractivity contribution in [1.29, 1.82) is 0 Å². The molecule has 0 fully saturated rings. The van der Waals surface area contributed by atoms with Crippen LogP contribution in [-0.2, 0) is 4.43 Å². The van der Waals surface area contributed by atoms with Crippen LogP contribution in [0.25, 0.3) is 0 Å². The molecule has 0 aliphatic carbocycles. The average Bonchev–Trinajstić information content (AvgIpc) is 2.65. The standard InChI is InChI=1S/C20H27IOSi/c1-20(2,3)23(22-17-11-10-16-21,18-12-6-4-7-13-18)19-14-8-5-9-15-19/h4-9,12-15H,10-11,16-17H2,1-3H3/i10D2,11D2,16D2,17D2. The summed E-state index contributed by atoms with van der Waals surface area (Å²) in [4.78, 5) is 0. The zero-order chi connectivity index (χ0) is 23.9. The topological polar surface area (TPSA) is 9.23 Å². The van der Waals surface area contributed by atoms with Gasteiger partial charge in [-0.25, -0.2) is 0 Å². The van der Waals surface area contributed by atoms with Gasteiger partial charge in [0.05, 0.1) is 2.74 Å². The molecule has 0 aliphatic rings. The van der Waals surface area contributed by atoms with Crippen molar-refractivity contribution in [3.63, 3.8) is 0 Å². The molecule has 3 heteroatoms. The Morgan fingerprint density at radius 3 is 1.78 bits per heavy atom. The minimum absolute atomic E-state index is 0.658. The lowest BCUT2D eigenvalue weighted by atomic mass is 10.2. The molecule has 124 valence electrons. The zero-order valence-electron chi connectivity index (χ0n) is 21.6. The van der Waals surface area contributed by atoms with Gasteiger partial charge in [0.15, 0.2) is 0 Å². The van der Waals surface area contributed by atoms with E-state index in [2.05, 4.69) is 0 Å². The monoisotopic (exact) mass is 446 g/mol. The lowest BCUT2D eigenvalue weighted by molar-refractivity contribution is 0.291. The number of rotatable bonds is 7. The van der Waals surface area contributed by atoms with Gasteiger partial charge in [-0.1, -0.05) is 104 Å². The fraction of sp³-hybridized carbons (Fsp3) is 0.400. The molecule has 0 saturated heterocycles. The molecule has 2 aromatic rings. The van der Waals surface area contributed by atoms with Gasteiger partial charge in [-0.3, -0.25) is 0 Å². The van der Waals surface area contributed by atoms with Crippen LogP contribution in [0.4, 0.5) is 0 Å². The Hall–Kier alpha value is -0.653. The lowest BCUT2D eigenvalue weighted by Crippen LogP contribution is -2.66. The predicted octanol–water partition coefficient (Wildman–Crippen LogP) is 4.78. The Morgan fingerprint density at radius 1 is 0.913 bits per heavy atom. The molecular weight excluding hydrogens is 411 g/mol. The summed E-state index contributed by atoms with van der Waals surface area (Å²) in [7, 11) is -3.54. The predicted molar refractivity (Wildman–Crippen MR) is 112 cm³/mol. The first-order valence-corrected chi connectivity index (χ1v) is 10.4. The highest BCUT2D eigenvalue weighted by atomic mass is 127. The van der Waals surface area contributed by atoms with Crippen molar-refractivity contribution in [2.24, 2.45) is 0 Å². The van der Waals surface area contributed by atoms with Gasteiger partial charge in [0.25, 0.3) is 8.32 Å². The SMILES string of the molecule is [2H]C([2H])(I)C([2H])([2H])C([2H])([2H])C([2H])([2H])O[Si](c1ccccc1)(c1ccccc1)C(C)(C)C. The number of halogens is 1. The molecule has 2 rings (SSSR count). The summed E-state index contributed by atoms with van der Waals surface area (Å²) >= 11 is 1.17. The first-order chi connectivity index (χ1) is 13.9. The first kappa shape index (κ1) is 10.4. The van der Waals surface area contributed by atoms with E-state index in [1.54, 1.807) is 0 Å². The third-order valence-electron chi connectivity index (χ3n) is 3.78. The fourth-order valence-electron chi connectivity index (χ4n) is 2.80. The summed E-state index contributed by atoms with van der Waals surface area (Å²) < 4.78 is 69.2. The van der Waals surface area contributed by atoms with E-state index < -0.39 is 37.0 Å². The van der Waals surface area contributed by atoms with Crippen molar-refractivity contribution >= 4 is 41.3 Å². The molecule has 0 N–H and O–H groups in total. The molecule has 0 amide bonds. The summed E-state index contributed by atoms with van der Waals surface area (Å²) in [6.07, 6.45) is -6.47. The fourth-order valence-corrected chi connectivity index (χ4v) is 7.07. The Kier molecular flexibility index (Phi) is 3.81. The molecule has 0 bridgehead atoms. The van der Waals surface area contributed by atoms with E-state index in [0.717, 1.165) is 0 Å². The van der Waals surface area contributed by atoms with Gasteiger partial charge in [-0.2, -0.15) is 0 Å². The van der Waals surface area contributed by atoms with Gasteiger partial charge in [0.1, 0.15) is 0 Å². The molecule has 1 nitrogen and oxygen atoms in total. The Morgan fingerprint density at radius 2 is 1.39 bits per heavy atom. The molecule has 0 aromatic heterocycles. The molecule has 0 unspecified atom stereocenters. The molecule has 0 heterocycles. The maximum atomic E-state index is 8.59. The van der Waals surface area contributed by atoms with Gasteiger partial charge in [0.2, 0.25) is 0 Å². The summed E-state index contributed by atoms with van der Waals surface area (Å²) in [5, 5.41) is 0.771. The molecule has 0 aliphatic heterocycles. The van der Waals surface area contributed by atoms with E-state index in [0.29, 0.717) is 10.4 Å². The van der Waals surface area contributed by atoms with Crippen LogP contribution in [-0.4, -0.2) is 19.3 Å². The highest BCUT2D eigenvalue weighted by Gasteiger charge is 2.49. The quantitative estimate of drug-likeness (QED) is 0.338. The molecule has 0 radical (unpaired) electrons. The normalized spacial score (nSPS) is 20.0. The van der Waals surface area contributed by atoms with E-state index in [4.69, 9.17) is 15.4 Å². The maximum Gasteiger partial charge on any atom is 0.261 e. The Bertz CT molecular complexity index is 840. The van der Waals surface area contributed by atoms with E-state index >= 15 is 0 Å². The largest absolute Gasteiger partial charge is 0.407 e. The van der Waals surface area contributed by atoms with Crippen LogP contribution in [0.2, 0.25) is 5.04 Å². The number of alkyl halides is 1. The number of hydrogen-bond acceptors (Lipinski definition) is 1. The molecule has 2 aromatic carbocycles. The van der Waals surface area contributed by atoms with E-state index in [9.17, 15) is 0 Å². The zero-order valence-corrected chi connectivity index (χ0v) is 16.7. The van der Waals surface area contributed by atoms with Crippen LogP contribution in [0.5, 0.6) is 0 Å². The van der Waals surface area contributed by atoms with Gasteiger partial charge in [-0.15, -0.1) is 0 Å². The van der Waals surface area contributed by atoms with Gasteiger partial charge in [0, 0.05) is 14.8 Å². The summed E-state index contributed by atoms with van der Waals surface area (Å²) in [6, 6.07) is 18.2. The first-order valence-electron chi connectivity index (χ1n) is 11.4. The van der Waals surface area contributed by atoms with Gasteiger partial charge < -0.3 is 4.43 Å². The van der Waals surface area contributed by atoms with Crippen LogP contribution in [0.1, 0.15) is 44.5 Å². The van der Waals surface area contributed by atoms with Crippen molar-refractivity contribution in [1.82, 2.24) is 0 Å². The maximum absolute atomic E-state index is 8.59. The minimum Gasteiger partial charge on any atom is -0.407 e. The highest BCUT2D eigenvalue weighted by Crippen LogP contribution is 2.36. The number of benzene rings is 2. The van der Waals surface area contributed by atoms with Crippen molar-refractivity contribution < 1.29 is 15.4 Å².